The van der Waals surface area contributed by atoms with E-state index in [4.69, 9.17) is 0 Å². The second-order valence-corrected chi connectivity index (χ2v) is 5.82. The predicted octanol–water partition coefficient (Wildman–Crippen LogP) is 2.25. The second kappa shape index (κ2) is 7.94. The smallest absolute Gasteiger partial charge is 0.248 e. The Morgan fingerprint density at radius 3 is 2.84 bits per heavy atom. The van der Waals surface area contributed by atoms with Crippen molar-refractivity contribution in [3.05, 3.63) is 35.5 Å². The molecule has 7 nitrogen and oxygen atoms in total. The van der Waals surface area contributed by atoms with Crippen molar-refractivity contribution in [2.45, 2.75) is 26.7 Å². The summed E-state index contributed by atoms with van der Waals surface area (Å²) in [5, 5.41) is 8.95. The number of hydrazone groups is 2. The number of aromatic amines is 1. The summed E-state index contributed by atoms with van der Waals surface area (Å²) in [6.07, 6.45) is 2.28. The summed E-state index contributed by atoms with van der Waals surface area (Å²) in [5.41, 5.74) is 8.61. The number of para-hydroxylation sites is 1. The van der Waals surface area contributed by atoms with Gasteiger partial charge in [0.05, 0.1) is 12.1 Å². The highest BCUT2D eigenvalue weighted by Crippen LogP contribution is 2.19. The topological polar surface area (TPSA) is 98.7 Å². The molecule has 132 valence electrons. The Morgan fingerprint density at radius 1 is 1.36 bits per heavy atom. The van der Waals surface area contributed by atoms with Crippen LogP contribution in [-0.2, 0) is 9.59 Å². The first-order valence-electron chi connectivity index (χ1n) is 7.79. The number of aromatic nitrogens is 1. The number of H-pyrrole nitrogens is 1. The third-order valence-electron chi connectivity index (χ3n) is 4.15. The van der Waals surface area contributed by atoms with E-state index < -0.39 is 0 Å². The second-order valence-electron chi connectivity index (χ2n) is 5.82. The van der Waals surface area contributed by atoms with Crippen LogP contribution in [0.1, 0.15) is 31.0 Å². The number of rotatable bonds is 5. The van der Waals surface area contributed by atoms with E-state index in [-0.39, 0.29) is 36.6 Å². The van der Waals surface area contributed by atoms with Crippen LogP contribution in [0, 0.1) is 12.8 Å². The molecular formula is C17H20ClN5O2. The van der Waals surface area contributed by atoms with Gasteiger partial charge in [0.2, 0.25) is 11.8 Å². The Bertz CT molecular complexity index is 856. The van der Waals surface area contributed by atoms with Crippen LogP contribution >= 0.6 is 12.4 Å². The lowest BCUT2D eigenvalue weighted by molar-refractivity contribution is -0.123. The zero-order chi connectivity index (χ0) is 17.1. The summed E-state index contributed by atoms with van der Waals surface area (Å²) in [5.74, 6) is -0.704. The quantitative estimate of drug-likeness (QED) is 0.562. The third kappa shape index (κ3) is 4.06. The molecule has 1 aliphatic rings. The zero-order valence-electron chi connectivity index (χ0n) is 14.0. The fraction of sp³-hybridized carbons (Fsp3) is 0.294. The first-order valence-corrected chi connectivity index (χ1v) is 7.79. The van der Waals surface area contributed by atoms with Crippen LogP contribution in [0.4, 0.5) is 0 Å². The van der Waals surface area contributed by atoms with E-state index in [0.717, 1.165) is 22.2 Å². The van der Waals surface area contributed by atoms with Crippen LogP contribution in [0.2, 0.25) is 0 Å². The van der Waals surface area contributed by atoms with Crippen LogP contribution in [0.25, 0.3) is 10.9 Å². The standard InChI is InChI=1S/C17H19N5O2.ClH/c1-10-14(13-5-3-4-6-15(13)19-10)9-18-21-16(23)8-7-12-11(2)20-22-17(12)24;/h3-6,9,12,19H,7-8H2,1-2H3,(H,21,23)(H,22,24);1H/b18-9+;. The van der Waals surface area contributed by atoms with E-state index in [0.29, 0.717) is 12.1 Å². The van der Waals surface area contributed by atoms with Gasteiger partial charge in [-0.15, -0.1) is 12.4 Å². The van der Waals surface area contributed by atoms with Crippen LogP contribution < -0.4 is 10.9 Å². The number of nitrogens with one attached hydrogen (secondary N) is 3. The summed E-state index contributed by atoms with van der Waals surface area (Å²) in [6.45, 7) is 3.74. The number of nitrogens with zero attached hydrogens (tertiary/aromatic N) is 2. The lowest BCUT2D eigenvalue weighted by atomic mass is 9.99. The minimum atomic E-state index is -0.324. The molecule has 1 aliphatic heterocycles. The average Bonchev–Trinajstić information content (AvgIpc) is 3.05. The summed E-state index contributed by atoms with van der Waals surface area (Å²) in [4.78, 5) is 26.7. The number of aryl methyl sites for hydroxylation is 1. The molecule has 0 fully saturated rings. The van der Waals surface area contributed by atoms with Gasteiger partial charge in [-0.1, -0.05) is 18.2 Å². The highest BCUT2D eigenvalue weighted by Gasteiger charge is 2.26. The molecule has 1 aromatic heterocycles. The van der Waals surface area contributed by atoms with Crippen LogP contribution in [-0.4, -0.2) is 28.7 Å². The molecule has 25 heavy (non-hydrogen) atoms. The molecule has 0 radical (unpaired) electrons. The van der Waals surface area contributed by atoms with Gasteiger partial charge in [-0.2, -0.15) is 10.2 Å². The Kier molecular flexibility index (Phi) is 5.93. The maximum absolute atomic E-state index is 11.9. The summed E-state index contributed by atoms with van der Waals surface area (Å²) < 4.78 is 0. The zero-order valence-corrected chi connectivity index (χ0v) is 14.8. The van der Waals surface area contributed by atoms with Crippen molar-refractivity contribution in [1.82, 2.24) is 15.8 Å². The Hall–Kier alpha value is -2.67. The van der Waals surface area contributed by atoms with Gasteiger partial charge >= 0.3 is 0 Å². The molecule has 1 aromatic carbocycles. The number of hydrogen-bond acceptors (Lipinski definition) is 4. The van der Waals surface area contributed by atoms with Gasteiger partial charge in [-0.3, -0.25) is 9.59 Å². The molecule has 1 atom stereocenters. The van der Waals surface area contributed by atoms with Crippen LogP contribution in [0.15, 0.2) is 34.5 Å². The first kappa shape index (κ1) is 18.7. The third-order valence-corrected chi connectivity index (χ3v) is 4.15. The van der Waals surface area contributed by atoms with Crippen molar-refractivity contribution in [3.63, 3.8) is 0 Å². The van der Waals surface area contributed by atoms with E-state index >= 15 is 0 Å². The number of fused-ring (bicyclic) bond motifs is 1. The van der Waals surface area contributed by atoms with Gasteiger partial charge in [-0.05, 0) is 26.3 Å². The van der Waals surface area contributed by atoms with Gasteiger partial charge in [0.1, 0.15) is 0 Å². The maximum Gasteiger partial charge on any atom is 0.248 e. The molecule has 1 unspecified atom stereocenters. The number of benzene rings is 1. The minimum Gasteiger partial charge on any atom is -0.358 e. The highest BCUT2D eigenvalue weighted by atomic mass is 35.5. The molecule has 0 spiro atoms. The van der Waals surface area contributed by atoms with Crippen molar-refractivity contribution in [3.8, 4) is 0 Å². The number of hydrogen-bond donors (Lipinski definition) is 3. The summed E-state index contributed by atoms with van der Waals surface area (Å²) in [6, 6.07) is 7.92. The SMILES string of the molecule is CC1=NNC(=O)C1CCC(=O)N/N=C/c1c(C)[nH]c2ccccc12.Cl. The molecule has 2 aromatic rings. The van der Waals surface area contributed by atoms with E-state index in [1.165, 1.54) is 0 Å². The minimum absolute atomic E-state index is 0. The lowest BCUT2D eigenvalue weighted by Gasteiger charge is -2.06. The number of carbonyl (C=O) groups excluding carboxylic acids is 2. The van der Waals surface area contributed by atoms with Crippen molar-refractivity contribution in [1.29, 1.82) is 0 Å². The van der Waals surface area contributed by atoms with E-state index in [2.05, 4.69) is 26.0 Å². The monoisotopic (exact) mass is 361 g/mol. The van der Waals surface area contributed by atoms with Crippen LogP contribution in [0.3, 0.4) is 0 Å². The fourth-order valence-electron chi connectivity index (χ4n) is 2.79. The normalized spacial score (nSPS) is 16.6. The molecule has 3 N–H and O–H groups in total. The Morgan fingerprint density at radius 2 is 2.12 bits per heavy atom. The molecular weight excluding hydrogens is 342 g/mol. The largest absolute Gasteiger partial charge is 0.358 e. The molecule has 2 heterocycles. The molecule has 0 saturated heterocycles. The predicted molar refractivity (Wildman–Crippen MR) is 100.0 cm³/mol. The Labute approximate surface area is 151 Å². The molecule has 0 aliphatic carbocycles. The lowest BCUT2D eigenvalue weighted by Crippen LogP contribution is -2.25. The number of carbonyl (C=O) groups is 2. The molecule has 0 saturated carbocycles. The van der Waals surface area contributed by atoms with Crippen molar-refractivity contribution >= 4 is 47.1 Å². The van der Waals surface area contributed by atoms with E-state index in [1.807, 2.05) is 31.2 Å². The highest BCUT2D eigenvalue weighted by molar-refractivity contribution is 6.07. The first-order chi connectivity index (χ1) is 11.6. The maximum atomic E-state index is 11.9. The van der Waals surface area contributed by atoms with E-state index in [9.17, 15) is 9.59 Å². The van der Waals surface area contributed by atoms with Gasteiger partial charge in [0.15, 0.2) is 0 Å². The number of halogens is 1. The number of amides is 2. The molecule has 0 bridgehead atoms. The van der Waals surface area contributed by atoms with Gasteiger partial charge in [-0.25, -0.2) is 10.9 Å². The Balaban J connectivity index is 0.00000225. The van der Waals surface area contributed by atoms with Gasteiger partial charge < -0.3 is 4.98 Å². The van der Waals surface area contributed by atoms with E-state index in [1.54, 1.807) is 13.1 Å². The van der Waals surface area contributed by atoms with Gasteiger partial charge in [0, 0.05) is 34.3 Å². The molecule has 8 heteroatoms. The fourth-order valence-corrected chi connectivity index (χ4v) is 2.79. The summed E-state index contributed by atoms with van der Waals surface area (Å²) in [7, 11) is 0. The summed E-state index contributed by atoms with van der Waals surface area (Å²) >= 11 is 0. The van der Waals surface area contributed by atoms with Gasteiger partial charge in [0.25, 0.3) is 0 Å². The van der Waals surface area contributed by atoms with Crippen molar-refractivity contribution in [2.24, 2.45) is 16.1 Å². The molecule has 3 rings (SSSR count). The van der Waals surface area contributed by atoms with Crippen LogP contribution in [0.5, 0.6) is 0 Å². The average molecular weight is 362 g/mol. The van der Waals surface area contributed by atoms with Crippen molar-refractivity contribution in [2.75, 3.05) is 0 Å². The molecule has 2 amide bonds. The van der Waals surface area contributed by atoms with Crippen molar-refractivity contribution < 1.29 is 9.59 Å².